The molecule has 1 amide bonds. The molecule has 0 bridgehead atoms. The Labute approximate surface area is 167 Å². The first kappa shape index (κ1) is 20.0. The number of piperidine rings is 1. The van der Waals surface area contributed by atoms with E-state index in [0.29, 0.717) is 6.54 Å². The van der Waals surface area contributed by atoms with Crippen molar-refractivity contribution >= 4 is 17.7 Å². The second-order valence-corrected chi connectivity index (χ2v) is 8.64. The molecule has 4 heteroatoms. The normalized spacial score (nSPS) is 16.0. The summed E-state index contributed by atoms with van der Waals surface area (Å²) in [6.07, 6.45) is 4.02. The fourth-order valence-electron chi connectivity index (χ4n) is 3.34. The summed E-state index contributed by atoms with van der Waals surface area (Å²) in [6, 6.07) is 19.0. The number of likely N-dealkylation sites (tertiary alicyclic amines) is 1. The summed E-state index contributed by atoms with van der Waals surface area (Å²) in [5, 5.41) is 3.01. The topological polar surface area (TPSA) is 32.3 Å². The lowest BCUT2D eigenvalue weighted by molar-refractivity contribution is -0.120. The van der Waals surface area contributed by atoms with Crippen LogP contribution in [0.5, 0.6) is 0 Å². The van der Waals surface area contributed by atoms with Crippen LogP contribution in [0.15, 0.2) is 54.6 Å². The number of nitrogens with one attached hydrogen (secondary N) is 1. The second-order valence-electron chi connectivity index (χ2n) is 7.31. The average Bonchev–Trinajstić information content (AvgIpc) is 2.73. The van der Waals surface area contributed by atoms with Crippen LogP contribution in [0.1, 0.15) is 42.9 Å². The minimum Gasteiger partial charge on any atom is -0.351 e. The molecule has 0 spiro atoms. The van der Waals surface area contributed by atoms with Gasteiger partial charge in [-0.15, -0.1) is 11.8 Å². The highest BCUT2D eigenvalue weighted by atomic mass is 32.2. The molecule has 0 unspecified atom stereocenters. The highest BCUT2D eigenvalue weighted by Gasteiger charge is 2.13. The molecule has 27 heavy (non-hydrogen) atoms. The molecule has 3 rings (SSSR count). The van der Waals surface area contributed by atoms with Crippen molar-refractivity contribution < 1.29 is 4.79 Å². The van der Waals surface area contributed by atoms with Gasteiger partial charge in [-0.2, -0.15) is 0 Å². The van der Waals surface area contributed by atoms with Gasteiger partial charge in [0.1, 0.15) is 0 Å². The van der Waals surface area contributed by atoms with Gasteiger partial charge in [0.05, 0.1) is 5.25 Å². The Morgan fingerprint density at radius 2 is 1.63 bits per heavy atom. The third-order valence-corrected chi connectivity index (χ3v) is 6.27. The molecule has 0 aliphatic carbocycles. The first-order valence-corrected chi connectivity index (χ1v) is 11.0. The molecule has 2 aromatic rings. The van der Waals surface area contributed by atoms with Gasteiger partial charge in [0.25, 0.3) is 0 Å². The zero-order valence-corrected chi connectivity index (χ0v) is 17.0. The summed E-state index contributed by atoms with van der Waals surface area (Å²) in [7, 11) is 0. The van der Waals surface area contributed by atoms with E-state index in [1.807, 2.05) is 25.1 Å². The van der Waals surface area contributed by atoms with Gasteiger partial charge in [0.15, 0.2) is 0 Å². The Morgan fingerprint density at radius 1 is 0.963 bits per heavy atom. The Morgan fingerprint density at radius 3 is 2.33 bits per heavy atom. The van der Waals surface area contributed by atoms with E-state index in [4.69, 9.17) is 0 Å². The predicted octanol–water partition coefficient (Wildman–Crippen LogP) is 4.61. The number of amides is 1. The van der Waals surface area contributed by atoms with Gasteiger partial charge in [0.2, 0.25) is 5.91 Å². The van der Waals surface area contributed by atoms with Gasteiger partial charge in [-0.25, -0.2) is 0 Å². The number of rotatable bonds is 8. The number of nitrogens with zero attached hydrogens (tertiary/aromatic N) is 1. The van der Waals surface area contributed by atoms with Crippen LogP contribution in [-0.2, 0) is 23.6 Å². The van der Waals surface area contributed by atoms with Crippen molar-refractivity contribution in [3.63, 3.8) is 0 Å². The number of benzene rings is 2. The maximum absolute atomic E-state index is 12.3. The van der Waals surface area contributed by atoms with Crippen molar-refractivity contribution in [2.45, 2.75) is 50.3 Å². The van der Waals surface area contributed by atoms with E-state index in [-0.39, 0.29) is 11.2 Å². The third kappa shape index (κ3) is 6.71. The van der Waals surface area contributed by atoms with E-state index in [9.17, 15) is 4.79 Å². The van der Waals surface area contributed by atoms with E-state index in [0.717, 1.165) is 17.9 Å². The molecule has 144 valence electrons. The SMILES string of the molecule is C[C@@H](SCc1ccccc1)C(=O)NCc1ccc(CN2CCCCC2)cc1. The van der Waals surface area contributed by atoms with E-state index in [2.05, 4.69) is 46.6 Å². The van der Waals surface area contributed by atoms with Crippen molar-refractivity contribution in [2.75, 3.05) is 13.1 Å². The highest BCUT2D eigenvalue weighted by molar-refractivity contribution is 7.99. The fourth-order valence-corrected chi connectivity index (χ4v) is 4.21. The van der Waals surface area contributed by atoms with E-state index in [1.165, 1.54) is 43.5 Å². The zero-order chi connectivity index (χ0) is 18.9. The lowest BCUT2D eigenvalue weighted by atomic mass is 10.1. The molecule has 3 nitrogen and oxygen atoms in total. The lowest BCUT2D eigenvalue weighted by Gasteiger charge is -2.26. The molecule has 0 saturated carbocycles. The van der Waals surface area contributed by atoms with Crippen molar-refractivity contribution in [3.05, 3.63) is 71.3 Å². The molecule has 1 fully saturated rings. The third-order valence-electron chi connectivity index (χ3n) is 5.06. The monoisotopic (exact) mass is 382 g/mol. The number of hydrogen-bond acceptors (Lipinski definition) is 3. The molecule has 1 heterocycles. The fraction of sp³-hybridized carbons (Fsp3) is 0.435. The molecule has 1 N–H and O–H groups in total. The van der Waals surface area contributed by atoms with Crippen LogP contribution in [0, 0.1) is 0 Å². The Hall–Kier alpha value is -1.78. The molecule has 2 aromatic carbocycles. The molecule has 1 saturated heterocycles. The van der Waals surface area contributed by atoms with Gasteiger partial charge in [-0.1, -0.05) is 61.0 Å². The van der Waals surface area contributed by atoms with Crippen molar-refractivity contribution in [1.29, 1.82) is 0 Å². The van der Waals surface area contributed by atoms with Crippen LogP contribution in [0.3, 0.4) is 0 Å². The van der Waals surface area contributed by atoms with Crippen LogP contribution in [0.2, 0.25) is 0 Å². The molecule has 1 aliphatic rings. The predicted molar refractivity (Wildman–Crippen MR) is 115 cm³/mol. The van der Waals surface area contributed by atoms with Crippen LogP contribution in [0.4, 0.5) is 0 Å². The van der Waals surface area contributed by atoms with Crippen molar-refractivity contribution in [3.8, 4) is 0 Å². The number of carbonyl (C=O) groups is 1. The minimum absolute atomic E-state index is 0.0522. The average molecular weight is 383 g/mol. The number of thioether (sulfide) groups is 1. The molecule has 0 aromatic heterocycles. The summed E-state index contributed by atoms with van der Waals surface area (Å²) in [5.74, 6) is 0.967. The highest BCUT2D eigenvalue weighted by Crippen LogP contribution is 2.18. The zero-order valence-electron chi connectivity index (χ0n) is 16.2. The van der Waals surface area contributed by atoms with Crippen LogP contribution in [0.25, 0.3) is 0 Å². The van der Waals surface area contributed by atoms with E-state index < -0.39 is 0 Å². The van der Waals surface area contributed by atoms with Gasteiger partial charge in [-0.3, -0.25) is 9.69 Å². The maximum atomic E-state index is 12.3. The standard InChI is InChI=1S/C23H30N2OS/c1-19(27-18-22-8-4-2-5-9-22)23(26)24-16-20-10-12-21(13-11-20)17-25-14-6-3-7-15-25/h2,4-5,8-13,19H,3,6-7,14-18H2,1H3,(H,24,26)/t19-/m1/s1. The second kappa shape index (κ2) is 10.5. The van der Waals surface area contributed by atoms with Crippen LogP contribution in [-0.4, -0.2) is 29.1 Å². The quantitative estimate of drug-likeness (QED) is 0.723. The molecular weight excluding hydrogens is 352 g/mol. The Bertz CT molecular complexity index is 696. The van der Waals surface area contributed by atoms with Crippen LogP contribution >= 0.6 is 11.8 Å². The summed E-state index contributed by atoms with van der Waals surface area (Å²) in [6.45, 7) is 6.05. The van der Waals surface area contributed by atoms with Gasteiger partial charge in [0, 0.05) is 18.8 Å². The maximum Gasteiger partial charge on any atom is 0.233 e. The summed E-state index contributed by atoms with van der Waals surface area (Å²) in [5.41, 5.74) is 3.77. The molecule has 0 radical (unpaired) electrons. The molecular formula is C23H30N2OS. The molecule has 1 aliphatic heterocycles. The summed E-state index contributed by atoms with van der Waals surface area (Å²) in [4.78, 5) is 14.9. The molecule has 1 atom stereocenters. The largest absolute Gasteiger partial charge is 0.351 e. The first-order chi connectivity index (χ1) is 13.2. The smallest absolute Gasteiger partial charge is 0.233 e. The number of carbonyl (C=O) groups excluding carboxylic acids is 1. The summed E-state index contributed by atoms with van der Waals surface area (Å²) < 4.78 is 0. The van der Waals surface area contributed by atoms with Gasteiger partial charge < -0.3 is 5.32 Å². The first-order valence-electron chi connectivity index (χ1n) is 9.94. The lowest BCUT2D eigenvalue weighted by Crippen LogP contribution is -2.30. The Kier molecular flexibility index (Phi) is 7.79. The summed E-state index contributed by atoms with van der Waals surface area (Å²) >= 11 is 1.68. The van der Waals surface area contributed by atoms with E-state index in [1.54, 1.807) is 11.8 Å². The van der Waals surface area contributed by atoms with Crippen LogP contribution < -0.4 is 5.32 Å². The Balaban J connectivity index is 1.40. The number of hydrogen-bond donors (Lipinski definition) is 1. The van der Waals surface area contributed by atoms with Gasteiger partial charge in [-0.05, 0) is 49.5 Å². The minimum atomic E-state index is -0.0522. The van der Waals surface area contributed by atoms with Gasteiger partial charge >= 0.3 is 0 Å². The van der Waals surface area contributed by atoms with Crippen molar-refractivity contribution in [1.82, 2.24) is 10.2 Å². The van der Waals surface area contributed by atoms with E-state index >= 15 is 0 Å². The van der Waals surface area contributed by atoms with Crippen molar-refractivity contribution in [2.24, 2.45) is 0 Å².